The van der Waals surface area contributed by atoms with Gasteiger partial charge in [-0.05, 0) is 49.5 Å². The summed E-state index contributed by atoms with van der Waals surface area (Å²) in [6.07, 6.45) is 4.54. The molecule has 1 aromatic carbocycles. The van der Waals surface area contributed by atoms with Gasteiger partial charge in [0.1, 0.15) is 11.6 Å². The third-order valence-corrected chi connectivity index (χ3v) is 5.67. The fourth-order valence-corrected chi connectivity index (χ4v) is 4.04. The summed E-state index contributed by atoms with van der Waals surface area (Å²) >= 11 is 0. The van der Waals surface area contributed by atoms with Crippen LogP contribution in [0.1, 0.15) is 35.5 Å². The number of hydrogen-bond donors (Lipinski definition) is 2. The average molecular weight is 405 g/mol. The highest BCUT2D eigenvalue weighted by molar-refractivity contribution is 5.85. The standard InChI is InChI=1S/C21H28N4O2.ClH/c1-27-18-4-2-15(3-5-18)10-21-23-11-17-12-25(13-19(17)24-21)14-20(26)16-6-8-22-9-7-16;/h2-5,11,16,20,22,26H,6-10,12-14H2,1H3;1H. The second kappa shape index (κ2) is 9.65. The van der Waals surface area contributed by atoms with Crippen LogP contribution in [0.5, 0.6) is 5.75 Å². The summed E-state index contributed by atoms with van der Waals surface area (Å²) in [5.41, 5.74) is 3.46. The molecule has 0 radical (unpaired) electrons. The second-order valence-electron chi connectivity index (χ2n) is 7.61. The number of β-amino-alcohol motifs (C(OH)–C–C–N with tert-alkyl or cyclic N) is 1. The molecule has 6 nitrogen and oxygen atoms in total. The minimum Gasteiger partial charge on any atom is -0.497 e. The monoisotopic (exact) mass is 404 g/mol. The Bertz CT molecular complexity index is 766. The number of halogens is 1. The molecule has 1 atom stereocenters. The maximum Gasteiger partial charge on any atom is 0.132 e. The van der Waals surface area contributed by atoms with Crippen LogP contribution < -0.4 is 10.1 Å². The molecule has 0 aliphatic carbocycles. The Morgan fingerprint density at radius 3 is 2.68 bits per heavy atom. The molecule has 4 rings (SSSR count). The molecule has 2 N–H and O–H groups in total. The highest BCUT2D eigenvalue weighted by Gasteiger charge is 2.27. The van der Waals surface area contributed by atoms with E-state index in [9.17, 15) is 5.11 Å². The number of aliphatic hydroxyl groups excluding tert-OH is 1. The Morgan fingerprint density at radius 1 is 1.21 bits per heavy atom. The smallest absolute Gasteiger partial charge is 0.132 e. The maximum absolute atomic E-state index is 10.6. The van der Waals surface area contributed by atoms with Gasteiger partial charge in [-0.25, -0.2) is 9.97 Å². The van der Waals surface area contributed by atoms with E-state index < -0.39 is 0 Å². The summed E-state index contributed by atoms with van der Waals surface area (Å²) in [5.74, 6) is 2.11. The molecule has 1 fully saturated rings. The third-order valence-electron chi connectivity index (χ3n) is 5.67. The van der Waals surface area contributed by atoms with Crippen molar-refractivity contribution in [3.8, 4) is 5.75 Å². The molecule has 1 saturated heterocycles. The third kappa shape index (κ3) is 5.00. The molecule has 152 valence electrons. The predicted molar refractivity (Wildman–Crippen MR) is 111 cm³/mol. The van der Waals surface area contributed by atoms with E-state index in [4.69, 9.17) is 9.72 Å². The maximum atomic E-state index is 10.6. The lowest BCUT2D eigenvalue weighted by molar-refractivity contribution is 0.0493. The topological polar surface area (TPSA) is 70.5 Å². The highest BCUT2D eigenvalue weighted by atomic mass is 35.5. The van der Waals surface area contributed by atoms with Gasteiger partial charge in [-0.15, -0.1) is 12.4 Å². The Morgan fingerprint density at radius 2 is 1.96 bits per heavy atom. The van der Waals surface area contributed by atoms with Crippen molar-refractivity contribution < 1.29 is 9.84 Å². The molecule has 0 spiro atoms. The van der Waals surface area contributed by atoms with Gasteiger partial charge < -0.3 is 15.2 Å². The number of aliphatic hydroxyl groups is 1. The molecule has 3 heterocycles. The van der Waals surface area contributed by atoms with Crippen LogP contribution >= 0.6 is 12.4 Å². The summed E-state index contributed by atoms with van der Waals surface area (Å²) in [6.45, 7) is 4.38. The molecule has 0 saturated carbocycles. The molecular weight excluding hydrogens is 376 g/mol. The minimum absolute atomic E-state index is 0. The zero-order valence-corrected chi connectivity index (χ0v) is 17.1. The van der Waals surface area contributed by atoms with Crippen molar-refractivity contribution in [2.24, 2.45) is 5.92 Å². The summed E-state index contributed by atoms with van der Waals surface area (Å²) in [7, 11) is 1.67. The van der Waals surface area contributed by atoms with Crippen molar-refractivity contribution in [3.05, 3.63) is 53.1 Å². The lowest BCUT2D eigenvalue weighted by Crippen LogP contribution is -2.39. The van der Waals surface area contributed by atoms with Crippen LogP contribution in [0.4, 0.5) is 0 Å². The first kappa shape index (κ1) is 21.0. The fourth-order valence-electron chi connectivity index (χ4n) is 4.04. The Balaban J connectivity index is 0.00000225. The number of benzene rings is 1. The van der Waals surface area contributed by atoms with Gasteiger partial charge in [-0.3, -0.25) is 4.90 Å². The van der Waals surface area contributed by atoms with E-state index in [1.54, 1.807) is 7.11 Å². The van der Waals surface area contributed by atoms with Crippen LogP contribution in [0.15, 0.2) is 30.5 Å². The van der Waals surface area contributed by atoms with Crippen molar-refractivity contribution in [3.63, 3.8) is 0 Å². The second-order valence-corrected chi connectivity index (χ2v) is 7.61. The molecular formula is C21H29ClN4O2. The number of rotatable bonds is 6. The molecule has 1 unspecified atom stereocenters. The molecule has 0 bridgehead atoms. The van der Waals surface area contributed by atoms with E-state index >= 15 is 0 Å². The van der Waals surface area contributed by atoms with Gasteiger partial charge in [0.25, 0.3) is 0 Å². The predicted octanol–water partition coefficient (Wildman–Crippen LogP) is 2.17. The van der Waals surface area contributed by atoms with E-state index in [2.05, 4.69) is 27.3 Å². The lowest BCUT2D eigenvalue weighted by atomic mass is 9.92. The van der Waals surface area contributed by atoms with Crippen LogP contribution in [-0.2, 0) is 19.5 Å². The molecule has 2 aliphatic rings. The molecule has 2 aliphatic heterocycles. The number of hydrogen-bond acceptors (Lipinski definition) is 6. The zero-order chi connectivity index (χ0) is 18.6. The summed E-state index contributed by atoms with van der Waals surface area (Å²) in [4.78, 5) is 11.6. The zero-order valence-electron chi connectivity index (χ0n) is 16.3. The van der Waals surface area contributed by atoms with E-state index in [0.717, 1.165) is 69.3 Å². The summed E-state index contributed by atoms with van der Waals surface area (Å²) < 4.78 is 5.21. The van der Waals surface area contributed by atoms with Crippen molar-refractivity contribution in [1.29, 1.82) is 0 Å². The number of aromatic nitrogens is 2. The van der Waals surface area contributed by atoms with Crippen molar-refractivity contribution in [2.75, 3.05) is 26.7 Å². The SMILES string of the molecule is COc1ccc(Cc2ncc3c(n2)CN(CC(O)C2CCNCC2)C3)cc1.Cl. The van der Waals surface area contributed by atoms with Crippen LogP contribution in [0.25, 0.3) is 0 Å². The summed E-state index contributed by atoms with van der Waals surface area (Å²) in [6, 6.07) is 8.04. The molecule has 28 heavy (non-hydrogen) atoms. The normalized spacial score (nSPS) is 18.4. The molecule has 0 amide bonds. The van der Waals surface area contributed by atoms with E-state index in [-0.39, 0.29) is 18.5 Å². The lowest BCUT2D eigenvalue weighted by Gasteiger charge is -2.29. The quantitative estimate of drug-likeness (QED) is 0.769. The van der Waals surface area contributed by atoms with Gasteiger partial charge >= 0.3 is 0 Å². The molecule has 1 aromatic heterocycles. The fraction of sp³-hybridized carbons (Fsp3) is 0.524. The van der Waals surface area contributed by atoms with Gasteiger partial charge in [-0.2, -0.15) is 0 Å². The molecule has 7 heteroatoms. The Kier molecular flexibility index (Phi) is 7.24. The number of methoxy groups -OCH3 is 1. The van der Waals surface area contributed by atoms with Crippen LogP contribution in [-0.4, -0.2) is 52.8 Å². The van der Waals surface area contributed by atoms with Gasteiger partial charge in [-0.1, -0.05) is 12.1 Å². The largest absolute Gasteiger partial charge is 0.497 e. The first-order valence-electron chi connectivity index (χ1n) is 9.79. The van der Waals surface area contributed by atoms with Crippen molar-refractivity contribution >= 4 is 12.4 Å². The number of ether oxygens (including phenoxy) is 1. The van der Waals surface area contributed by atoms with E-state index in [0.29, 0.717) is 5.92 Å². The highest BCUT2D eigenvalue weighted by Crippen LogP contribution is 2.24. The number of nitrogens with one attached hydrogen (secondary N) is 1. The van der Waals surface area contributed by atoms with Gasteiger partial charge in [0.05, 0.1) is 18.9 Å². The van der Waals surface area contributed by atoms with Crippen LogP contribution in [0.3, 0.4) is 0 Å². The Hall–Kier alpha value is -1.73. The van der Waals surface area contributed by atoms with Crippen LogP contribution in [0.2, 0.25) is 0 Å². The van der Waals surface area contributed by atoms with E-state index in [1.807, 2.05) is 18.3 Å². The first-order chi connectivity index (χ1) is 13.2. The number of fused-ring (bicyclic) bond motifs is 1. The van der Waals surface area contributed by atoms with E-state index in [1.165, 1.54) is 11.1 Å². The summed E-state index contributed by atoms with van der Waals surface area (Å²) in [5, 5.41) is 13.9. The van der Waals surface area contributed by atoms with Crippen molar-refractivity contribution in [2.45, 2.75) is 38.5 Å². The number of nitrogens with zero attached hydrogens (tertiary/aromatic N) is 3. The van der Waals surface area contributed by atoms with Crippen LogP contribution in [0, 0.1) is 5.92 Å². The minimum atomic E-state index is -0.256. The first-order valence-corrected chi connectivity index (χ1v) is 9.79. The van der Waals surface area contributed by atoms with Gasteiger partial charge in [0.15, 0.2) is 0 Å². The van der Waals surface area contributed by atoms with Gasteiger partial charge in [0.2, 0.25) is 0 Å². The average Bonchev–Trinajstić information content (AvgIpc) is 3.10. The van der Waals surface area contributed by atoms with Gasteiger partial charge in [0, 0.05) is 37.8 Å². The Labute approximate surface area is 172 Å². The van der Waals surface area contributed by atoms with Crippen molar-refractivity contribution in [1.82, 2.24) is 20.2 Å². The molecule has 2 aromatic rings. The number of piperidine rings is 1.